The summed E-state index contributed by atoms with van der Waals surface area (Å²) in [6, 6.07) is 16.2. The Balaban J connectivity index is 2.06. The SMILES string of the molecule is CCNC(CSc1cccc(Cl)c1)c1cccc(Cl)c1. The van der Waals surface area contributed by atoms with Crippen molar-refractivity contribution < 1.29 is 0 Å². The molecule has 0 saturated heterocycles. The molecule has 1 unspecified atom stereocenters. The van der Waals surface area contributed by atoms with E-state index in [0.29, 0.717) is 0 Å². The molecule has 0 amide bonds. The minimum atomic E-state index is 0.280. The molecule has 0 aromatic heterocycles. The highest BCUT2D eigenvalue weighted by molar-refractivity contribution is 7.99. The Bertz CT molecular complexity index is 560. The van der Waals surface area contributed by atoms with Crippen LogP contribution in [0.5, 0.6) is 0 Å². The lowest BCUT2D eigenvalue weighted by molar-refractivity contribution is 0.606. The maximum atomic E-state index is 6.08. The first-order chi connectivity index (χ1) is 9.69. The Kier molecular flexibility index (Phi) is 6.24. The van der Waals surface area contributed by atoms with E-state index in [1.165, 1.54) is 10.5 Å². The Morgan fingerprint density at radius 3 is 2.40 bits per heavy atom. The normalized spacial score (nSPS) is 12.3. The molecule has 1 nitrogen and oxygen atoms in total. The largest absolute Gasteiger partial charge is 0.309 e. The van der Waals surface area contributed by atoms with Crippen molar-refractivity contribution in [1.29, 1.82) is 0 Å². The fraction of sp³-hybridized carbons (Fsp3) is 0.250. The zero-order valence-corrected chi connectivity index (χ0v) is 13.6. The van der Waals surface area contributed by atoms with Crippen LogP contribution < -0.4 is 5.32 Å². The van der Waals surface area contributed by atoms with Gasteiger partial charge in [-0.3, -0.25) is 0 Å². The predicted octanol–water partition coefficient (Wildman–Crippen LogP) is 5.44. The van der Waals surface area contributed by atoms with E-state index in [0.717, 1.165) is 22.3 Å². The van der Waals surface area contributed by atoms with Crippen molar-refractivity contribution in [3.63, 3.8) is 0 Å². The Morgan fingerprint density at radius 2 is 1.75 bits per heavy atom. The first kappa shape index (κ1) is 15.7. The van der Waals surface area contributed by atoms with Crippen molar-refractivity contribution in [3.05, 3.63) is 64.1 Å². The van der Waals surface area contributed by atoms with Crippen molar-refractivity contribution in [2.24, 2.45) is 0 Å². The average molecular weight is 326 g/mol. The van der Waals surface area contributed by atoms with Crippen LogP contribution in [0, 0.1) is 0 Å². The molecule has 4 heteroatoms. The van der Waals surface area contributed by atoms with E-state index in [9.17, 15) is 0 Å². The fourth-order valence-electron chi connectivity index (χ4n) is 1.98. The summed E-state index contributed by atoms with van der Waals surface area (Å²) in [6.07, 6.45) is 0. The predicted molar refractivity (Wildman–Crippen MR) is 90.0 cm³/mol. The van der Waals surface area contributed by atoms with Gasteiger partial charge < -0.3 is 5.32 Å². The Labute approximate surface area is 134 Å². The van der Waals surface area contributed by atoms with Crippen molar-refractivity contribution in [1.82, 2.24) is 5.32 Å². The van der Waals surface area contributed by atoms with E-state index in [-0.39, 0.29) is 6.04 Å². The molecule has 0 bridgehead atoms. The van der Waals surface area contributed by atoms with Gasteiger partial charge in [-0.05, 0) is 42.4 Å². The van der Waals surface area contributed by atoms with Crippen LogP contribution in [0.4, 0.5) is 0 Å². The van der Waals surface area contributed by atoms with Crippen LogP contribution in [0.3, 0.4) is 0 Å². The van der Waals surface area contributed by atoms with Crippen LogP contribution in [0.2, 0.25) is 10.0 Å². The van der Waals surface area contributed by atoms with Crippen LogP contribution in [0.15, 0.2) is 53.4 Å². The third-order valence-corrected chi connectivity index (χ3v) is 4.47. The zero-order chi connectivity index (χ0) is 14.4. The summed E-state index contributed by atoms with van der Waals surface area (Å²) in [5.74, 6) is 0.939. The molecular formula is C16H17Cl2NS. The van der Waals surface area contributed by atoms with E-state index in [2.05, 4.69) is 24.4 Å². The molecule has 20 heavy (non-hydrogen) atoms. The second kappa shape index (κ2) is 7.94. The molecule has 0 heterocycles. The molecule has 0 radical (unpaired) electrons. The first-order valence-electron chi connectivity index (χ1n) is 6.56. The lowest BCUT2D eigenvalue weighted by Crippen LogP contribution is -2.22. The topological polar surface area (TPSA) is 12.0 Å². The van der Waals surface area contributed by atoms with Gasteiger partial charge in [0.25, 0.3) is 0 Å². The van der Waals surface area contributed by atoms with Gasteiger partial charge >= 0.3 is 0 Å². The van der Waals surface area contributed by atoms with Crippen LogP contribution in [-0.2, 0) is 0 Å². The first-order valence-corrected chi connectivity index (χ1v) is 8.30. The molecule has 2 aromatic carbocycles. The molecule has 0 aliphatic heterocycles. The molecule has 0 spiro atoms. The van der Waals surface area contributed by atoms with Crippen molar-refractivity contribution in [2.75, 3.05) is 12.3 Å². The number of hydrogen-bond donors (Lipinski definition) is 1. The van der Waals surface area contributed by atoms with Crippen LogP contribution in [0.25, 0.3) is 0 Å². The summed E-state index contributed by atoms with van der Waals surface area (Å²) in [4.78, 5) is 1.18. The van der Waals surface area contributed by atoms with Crippen molar-refractivity contribution >= 4 is 35.0 Å². The maximum absolute atomic E-state index is 6.08. The number of benzene rings is 2. The highest BCUT2D eigenvalue weighted by Crippen LogP contribution is 2.27. The Hall–Kier alpha value is -0.670. The smallest absolute Gasteiger partial charge is 0.0417 e. The fourth-order valence-corrected chi connectivity index (χ4v) is 3.49. The van der Waals surface area contributed by atoms with Gasteiger partial charge in [-0.25, -0.2) is 0 Å². The molecule has 106 valence electrons. The van der Waals surface area contributed by atoms with Crippen molar-refractivity contribution in [3.8, 4) is 0 Å². The summed E-state index contributed by atoms with van der Waals surface area (Å²) in [5, 5.41) is 5.05. The van der Waals surface area contributed by atoms with E-state index >= 15 is 0 Å². The molecule has 0 aliphatic carbocycles. The number of thioether (sulfide) groups is 1. The molecule has 2 aromatic rings. The van der Waals surface area contributed by atoms with Crippen LogP contribution >= 0.6 is 35.0 Å². The van der Waals surface area contributed by atoms with Crippen LogP contribution in [0.1, 0.15) is 18.5 Å². The number of nitrogens with one attached hydrogen (secondary N) is 1. The van der Waals surface area contributed by atoms with Gasteiger partial charge in [-0.2, -0.15) is 0 Å². The zero-order valence-electron chi connectivity index (χ0n) is 11.3. The minimum absolute atomic E-state index is 0.280. The minimum Gasteiger partial charge on any atom is -0.309 e. The summed E-state index contributed by atoms with van der Waals surface area (Å²) < 4.78 is 0. The van der Waals surface area contributed by atoms with Gasteiger partial charge in [0.05, 0.1) is 0 Å². The van der Waals surface area contributed by atoms with Gasteiger partial charge in [0.2, 0.25) is 0 Å². The molecule has 2 rings (SSSR count). The van der Waals surface area contributed by atoms with Gasteiger partial charge in [0.15, 0.2) is 0 Å². The standard InChI is InChI=1S/C16H17Cl2NS/c1-2-19-16(12-5-3-6-13(17)9-12)11-20-15-8-4-7-14(18)10-15/h3-10,16,19H,2,11H2,1H3. The monoisotopic (exact) mass is 325 g/mol. The van der Waals surface area contributed by atoms with Gasteiger partial charge in [0.1, 0.15) is 0 Å². The summed E-state index contributed by atoms with van der Waals surface area (Å²) in [6.45, 7) is 3.04. The number of rotatable bonds is 6. The summed E-state index contributed by atoms with van der Waals surface area (Å²) in [7, 11) is 0. The van der Waals surface area contributed by atoms with E-state index in [1.54, 1.807) is 11.8 Å². The highest BCUT2D eigenvalue weighted by Gasteiger charge is 2.11. The second-order valence-electron chi connectivity index (χ2n) is 4.43. The lowest BCUT2D eigenvalue weighted by Gasteiger charge is -2.18. The Morgan fingerprint density at radius 1 is 1.05 bits per heavy atom. The maximum Gasteiger partial charge on any atom is 0.0417 e. The van der Waals surface area contributed by atoms with Gasteiger partial charge in [0, 0.05) is 26.7 Å². The number of hydrogen-bond acceptors (Lipinski definition) is 2. The molecule has 0 saturated carbocycles. The van der Waals surface area contributed by atoms with E-state index < -0.39 is 0 Å². The van der Waals surface area contributed by atoms with Gasteiger partial charge in [-0.15, -0.1) is 11.8 Å². The molecule has 1 N–H and O–H groups in total. The third-order valence-electron chi connectivity index (χ3n) is 2.91. The molecular weight excluding hydrogens is 309 g/mol. The van der Waals surface area contributed by atoms with E-state index in [1.807, 2.05) is 36.4 Å². The second-order valence-corrected chi connectivity index (χ2v) is 6.40. The summed E-state index contributed by atoms with van der Waals surface area (Å²) in [5.41, 5.74) is 1.22. The molecule has 0 fully saturated rings. The third kappa shape index (κ3) is 4.71. The summed E-state index contributed by atoms with van der Waals surface area (Å²) >= 11 is 13.9. The molecule has 1 atom stereocenters. The number of halogens is 2. The molecule has 0 aliphatic rings. The quantitative estimate of drug-likeness (QED) is 0.710. The van der Waals surface area contributed by atoms with Crippen LogP contribution in [-0.4, -0.2) is 12.3 Å². The highest BCUT2D eigenvalue weighted by atomic mass is 35.5. The average Bonchev–Trinajstić information content (AvgIpc) is 2.43. The van der Waals surface area contributed by atoms with Gasteiger partial charge in [-0.1, -0.05) is 48.3 Å². The van der Waals surface area contributed by atoms with E-state index in [4.69, 9.17) is 23.2 Å². The lowest BCUT2D eigenvalue weighted by atomic mass is 10.1. The van der Waals surface area contributed by atoms with Crippen molar-refractivity contribution in [2.45, 2.75) is 17.9 Å².